The van der Waals surface area contributed by atoms with E-state index in [1.54, 1.807) is 7.11 Å². The molecule has 1 fully saturated rings. The zero-order valence-corrected chi connectivity index (χ0v) is 11.6. The number of benzene rings is 1. The molecule has 1 saturated heterocycles. The summed E-state index contributed by atoms with van der Waals surface area (Å²) in [7, 11) is 1.69. The van der Waals surface area contributed by atoms with Crippen LogP contribution in [-0.2, 0) is 6.54 Å². The van der Waals surface area contributed by atoms with Gasteiger partial charge in [0.25, 0.3) is 0 Å². The first kappa shape index (κ1) is 13.9. The van der Waals surface area contributed by atoms with Crippen LogP contribution in [0.4, 0.5) is 0 Å². The Morgan fingerprint density at radius 1 is 1.32 bits per heavy atom. The van der Waals surface area contributed by atoms with E-state index in [9.17, 15) is 0 Å². The first-order valence-electron chi connectivity index (χ1n) is 6.84. The summed E-state index contributed by atoms with van der Waals surface area (Å²) in [5.41, 5.74) is 1.30. The second-order valence-electron chi connectivity index (χ2n) is 4.98. The molecule has 1 aliphatic rings. The minimum Gasteiger partial charge on any atom is -0.497 e. The van der Waals surface area contributed by atoms with Crippen molar-refractivity contribution in [3.05, 3.63) is 29.8 Å². The quantitative estimate of drug-likeness (QED) is 0.816. The van der Waals surface area contributed by atoms with E-state index in [1.807, 2.05) is 12.1 Å². The van der Waals surface area contributed by atoms with Crippen LogP contribution in [0.3, 0.4) is 0 Å². The number of terminal acetylenes is 1. The number of methoxy groups -OCH3 is 1. The van der Waals surface area contributed by atoms with Crippen molar-refractivity contribution >= 4 is 0 Å². The number of nitrogens with one attached hydrogen (secondary N) is 1. The molecule has 2 rings (SSSR count). The molecule has 1 N–H and O–H groups in total. The molecular weight excluding hydrogens is 236 g/mol. The Bertz CT molecular complexity index is 413. The highest BCUT2D eigenvalue weighted by molar-refractivity contribution is 5.27. The molecule has 3 heteroatoms. The fourth-order valence-corrected chi connectivity index (χ4v) is 2.43. The molecule has 0 spiro atoms. The average Bonchev–Trinajstić information content (AvgIpc) is 2.47. The Kier molecular flexibility index (Phi) is 5.26. The molecule has 0 aliphatic carbocycles. The lowest BCUT2D eigenvalue weighted by atomic mass is 10.0. The van der Waals surface area contributed by atoms with Gasteiger partial charge in [-0.05, 0) is 30.5 Å². The molecule has 0 aromatic heterocycles. The fourth-order valence-electron chi connectivity index (χ4n) is 2.43. The molecule has 1 heterocycles. The Hall–Kier alpha value is -1.50. The highest BCUT2D eigenvalue weighted by Crippen LogP contribution is 2.13. The first-order chi connectivity index (χ1) is 9.31. The molecule has 0 radical (unpaired) electrons. The van der Waals surface area contributed by atoms with Crippen molar-refractivity contribution in [2.75, 3.05) is 26.7 Å². The topological polar surface area (TPSA) is 24.5 Å². The third-order valence-corrected chi connectivity index (χ3v) is 3.66. The summed E-state index contributed by atoms with van der Waals surface area (Å²) >= 11 is 0. The fraction of sp³-hybridized carbons (Fsp3) is 0.500. The maximum absolute atomic E-state index is 5.33. The van der Waals surface area contributed by atoms with Gasteiger partial charge in [0.2, 0.25) is 0 Å². The van der Waals surface area contributed by atoms with Crippen molar-refractivity contribution in [1.29, 1.82) is 0 Å². The molecule has 0 bridgehead atoms. The first-order valence-corrected chi connectivity index (χ1v) is 6.84. The molecule has 1 aromatic rings. The number of rotatable bonds is 5. The zero-order chi connectivity index (χ0) is 13.5. The summed E-state index contributed by atoms with van der Waals surface area (Å²) < 4.78 is 5.16. The highest BCUT2D eigenvalue weighted by atomic mass is 16.5. The lowest BCUT2D eigenvalue weighted by Gasteiger charge is -2.31. The van der Waals surface area contributed by atoms with Gasteiger partial charge >= 0.3 is 0 Å². The van der Waals surface area contributed by atoms with Crippen molar-refractivity contribution in [1.82, 2.24) is 10.2 Å². The van der Waals surface area contributed by atoms with Gasteiger partial charge in [0.05, 0.1) is 13.7 Å². The molecule has 3 nitrogen and oxygen atoms in total. The number of ether oxygens (including phenoxy) is 1. The molecule has 1 aromatic carbocycles. The molecule has 102 valence electrons. The second kappa shape index (κ2) is 7.18. The summed E-state index contributed by atoms with van der Waals surface area (Å²) in [5.74, 6) is 3.62. The van der Waals surface area contributed by atoms with Crippen molar-refractivity contribution in [3.8, 4) is 18.1 Å². The van der Waals surface area contributed by atoms with Crippen molar-refractivity contribution in [2.45, 2.75) is 25.4 Å². The molecule has 0 amide bonds. The van der Waals surface area contributed by atoms with Crippen LogP contribution in [0, 0.1) is 12.3 Å². The summed E-state index contributed by atoms with van der Waals surface area (Å²) in [6.45, 7) is 3.91. The van der Waals surface area contributed by atoms with Gasteiger partial charge in [0.15, 0.2) is 0 Å². The molecule has 1 aliphatic heterocycles. The van der Waals surface area contributed by atoms with Crippen LogP contribution in [-0.4, -0.2) is 37.7 Å². The van der Waals surface area contributed by atoms with Crippen LogP contribution in [0.25, 0.3) is 0 Å². The maximum atomic E-state index is 5.33. The Labute approximate surface area is 115 Å². The van der Waals surface area contributed by atoms with Gasteiger partial charge in [-0.1, -0.05) is 18.1 Å². The van der Waals surface area contributed by atoms with Crippen LogP contribution in [0.15, 0.2) is 24.3 Å². The second-order valence-corrected chi connectivity index (χ2v) is 4.98. The molecule has 0 saturated carbocycles. The lowest BCUT2D eigenvalue weighted by Crippen LogP contribution is -2.42. The Balaban J connectivity index is 1.72. The zero-order valence-electron chi connectivity index (χ0n) is 11.6. The number of likely N-dealkylation sites (tertiary alicyclic amines) is 1. The maximum Gasteiger partial charge on any atom is 0.118 e. The number of piperidine rings is 1. The smallest absolute Gasteiger partial charge is 0.118 e. The van der Waals surface area contributed by atoms with Crippen molar-refractivity contribution < 1.29 is 4.74 Å². The van der Waals surface area contributed by atoms with Gasteiger partial charge in [-0.3, -0.25) is 4.90 Å². The summed E-state index contributed by atoms with van der Waals surface area (Å²) in [6, 6.07) is 8.84. The van der Waals surface area contributed by atoms with E-state index in [2.05, 4.69) is 28.3 Å². The van der Waals surface area contributed by atoms with Crippen LogP contribution in [0.2, 0.25) is 0 Å². The number of hydrogen-bond acceptors (Lipinski definition) is 3. The van der Waals surface area contributed by atoms with Crippen LogP contribution in [0.5, 0.6) is 5.75 Å². The van der Waals surface area contributed by atoms with Gasteiger partial charge in [-0.15, -0.1) is 6.42 Å². The third kappa shape index (κ3) is 4.27. The largest absolute Gasteiger partial charge is 0.497 e. The Morgan fingerprint density at radius 2 is 2.00 bits per heavy atom. The predicted molar refractivity (Wildman–Crippen MR) is 78.1 cm³/mol. The standard InChI is InChI=1S/C16H22N2O/c1-3-10-18-11-8-15(9-12-18)17-13-14-4-6-16(19-2)7-5-14/h1,4-7,15,17H,8-13H2,2H3. The summed E-state index contributed by atoms with van der Waals surface area (Å²) in [4.78, 5) is 2.34. The van der Waals surface area contributed by atoms with Crippen LogP contribution in [0.1, 0.15) is 18.4 Å². The number of nitrogens with zero attached hydrogens (tertiary/aromatic N) is 1. The van der Waals surface area contributed by atoms with Gasteiger partial charge < -0.3 is 10.1 Å². The molecule has 19 heavy (non-hydrogen) atoms. The van der Waals surface area contributed by atoms with E-state index < -0.39 is 0 Å². The van der Waals surface area contributed by atoms with E-state index in [-0.39, 0.29) is 0 Å². The molecule has 0 unspecified atom stereocenters. The predicted octanol–water partition coefficient (Wildman–Crippen LogP) is 1.88. The van der Waals surface area contributed by atoms with E-state index >= 15 is 0 Å². The summed E-state index contributed by atoms with van der Waals surface area (Å²) in [6.07, 6.45) is 7.69. The van der Waals surface area contributed by atoms with Gasteiger partial charge in [0.1, 0.15) is 5.75 Å². The highest BCUT2D eigenvalue weighted by Gasteiger charge is 2.17. The van der Waals surface area contributed by atoms with E-state index in [0.717, 1.165) is 31.9 Å². The SMILES string of the molecule is C#CCN1CCC(NCc2ccc(OC)cc2)CC1. The third-order valence-electron chi connectivity index (χ3n) is 3.66. The summed E-state index contributed by atoms with van der Waals surface area (Å²) in [5, 5.41) is 3.62. The Morgan fingerprint density at radius 3 is 2.58 bits per heavy atom. The monoisotopic (exact) mass is 258 g/mol. The van der Waals surface area contributed by atoms with E-state index in [4.69, 9.17) is 11.2 Å². The normalized spacial score (nSPS) is 17.1. The van der Waals surface area contributed by atoms with E-state index in [1.165, 1.54) is 18.4 Å². The van der Waals surface area contributed by atoms with Crippen LogP contribution < -0.4 is 10.1 Å². The molecule has 0 atom stereocenters. The molecular formula is C16H22N2O. The van der Waals surface area contributed by atoms with Crippen molar-refractivity contribution in [3.63, 3.8) is 0 Å². The minimum absolute atomic E-state index is 0.608. The minimum atomic E-state index is 0.608. The van der Waals surface area contributed by atoms with Crippen molar-refractivity contribution in [2.24, 2.45) is 0 Å². The average molecular weight is 258 g/mol. The van der Waals surface area contributed by atoms with Gasteiger partial charge in [-0.25, -0.2) is 0 Å². The van der Waals surface area contributed by atoms with Gasteiger partial charge in [0, 0.05) is 25.7 Å². The number of hydrogen-bond donors (Lipinski definition) is 1. The van der Waals surface area contributed by atoms with Gasteiger partial charge in [-0.2, -0.15) is 0 Å². The lowest BCUT2D eigenvalue weighted by molar-refractivity contribution is 0.217. The van der Waals surface area contributed by atoms with E-state index in [0.29, 0.717) is 6.04 Å². The van der Waals surface area contributed by atoms with Crippen LogP contribution >= 0.6 is 0 Å².